The molecule has 0 aliphatic carbocycles. The van der Waals surface area contributed by atoms with E-state index in [1.165, 1.54) is 0 Å². The first-order valence-corrected chi connectivity index (χ1v) is 12.4. The second-order valence-electron chi connectivity index (χ2n) is 7.86. The SMILES string of the molecule is COc1ccc(Cn2ncc3ccc(OCCCCOS(=O)(=O)c4ccc(C)cc4)nc32)cc1. The number of rotatable bonds is 11. The summed E-state index contributed by atoms with van der Waals surface area (Å²) in [6.45, 7) is 2.98. The standard InChI is InChI=1S/C25H27N3O5S/c1-19-5-12-23(13-6-19)34(29,30)33-16-4-3-15-32-24-14-9-21-17-26-28(25(21)27-24)18-20-7-10-22(31-2)11-8-20/h5-14,17H,3-4,15-16,18H2,1-2H3. The lowest BCUT2D eigenvalue weighted by atomic mass is 10.2. The summed E-state index contributed by atoms with van der Waals surface area (Å²) in [7, 11) is -2.10. The van der Waals surface area contributed by atoms with E-state index < -0.39 is 10.1 Å². The zero-order valence-electron chi connectivity index (χ0n) is 19.2. The maximum Gasteiger partial charge on any atom is 0.296 e. The van der Waals surface area contributed by atoms with Gasteiger partial charge in [-0.1, -0.05) is 29.8 Å². The fraction of sp³-hybridized carbons (Fsp3) is 0.280. The van der Waals surface area contributed by atoms with Crippen molar-refractivity contribution in [3.63, 3.8) is 0 Å². The second-order valence-corrected chi connectivity index (χ2v) is 9.47. The van der Waals surface area contributed by atoms with Gasteiger partial charge in [-0.3, -0.25) is 4.18 Å². The number of nitrogens with zero attached hydrogens (tertiary/aromatic N) is 3. The minimum atomic E-state index is -3.74. The van der Waals surface area contributed by atoms with Crippen LogP contribution in [0, 0.1) is 6.92 Å². The van der Waals surface area contributed by atoms with Crippen molar-refractivity contribution in [2.75, 3.05) is 20.3 Å². The molecule has 2 aromatic carbocycles. The largest absolute Gasteiger partial charge is 0.497 e. The van der Waals surface area contributed by atoms with E-state index in [2.05, 4.69) is 10.1 Å². The molecule has 9 heteroatoms. The highest BCUT2D eigenvalue weighted by Crippen LogP contribution is 2.19. The first-order valence-electron chi connectivity index (χ1n) is 11.0. The average molecular weight is 482 g/mol. The van der Waals surface area contributed by atoms with Gasteiger partial charge in [0.1, 0.15) is 5.75 Å². The number of pyridine rings is 1. The number of benzene rings is 2. The topological polar surface area (TPSA) is 92.5 Å². The molecule has 0 saturated carbocycles. The first-order chi connectivity index (χ1) is 16.4. The molecule has 0 spiro atoms. The summed E-state index contributed by atoms with van der Waals surface area (Å²) >= 11 is 0. The quantitative estimate of drug-likeness (QED) is 0.232. The van der Waals surface area contributed by atoms with Gasteiger partial charge in [-0.2, -0.15) is 18.5 Å². The summed E-state index contributed by atoms with van der Waals surface area (Å²) in [5, 5.41) is 5.37. The maximum atomic E-state index is 12.2. The lowest BCUT2D eigenvalue weighted by Gasteiger charge is -2.08. The maximum absolute atomic E-state index is 12.2. The van der Waals surface area contributed by atoms with Crippen molar-refractivity contribution < 1.29 is 22.1 Å². The molecule has 0 amide bonds. The fourth-order valence-electron chi connectivity index (χ4n) is 3.36. The van der Waals surface area contributed by atoms with Gasteiger partial charge in [0.05, 0.1) is 38.0 Å². The van der Waals surface area contributed by atoms with Crippen molar-refractivity contribution in [2.45, 2.75) is 31.2 Å². The summed E-state index contributed by atoms with van der Waals surface area (Å²) < 4.78 is 42.4. The van der Waals surface area contributed by atoms with Crippen molar-refractivity contribution >= 4 is 21.2 Å². The van der Waals surface area contributed by atoms with Gasteiger partial charge in [0.15, 0.2) is 5.65 Å². The molecular weight excluding hydrogens is 454 g/mol. The minimum Gasteiger partial charge on any atom is -0.497 e. The Bertz CT molecular complexity index is 1330. The van der Waals surface area contributed by atoms with E-state index >= 15 is 0 Å². The molecule has 0 fully saturated rings. The van der Waals surface area contributed by atoms with Crippen LogP contribution >= 0.6 is 0 Å². The van der Waals surface area contributed by atoms with Gasteiger partial charge in [-0.25, -0.2) is 4.68 Å². The number of ether oxygens (including phenoxy) is 2. The van der Waals surface area contributed by atoms with E-state index in [0.717, 1.165) is 27.9 Å². The molecule has 2 aromatic heterocycles. The third kappa shape index (κ3) is 5.92. The Morgan fingerprint density at radius 3 is 2.38 bits per heavy atom. The van der Waals surface area contributed by atoms with Gasteiger partial charge >= 0.3 is 0 Å². The molecule has 0 aliphatic rings. The van der Waals surface area contributed by atoms with E-state index in [1.807, 2.05) is 41.9 Å². The van der Waals surface area contributed by atoms with Crippen LogP contribution in [0.2, 0.25) is 0 Å². The zero-order chi connectivity index (χ0) is 24.0. The molecule has 0 aliphatic heterocycles. The van der Waals surface area contributed by atoms with E-state index in [-0.39, 0.29) is 11.5 Å². The molecule has 0 unspecified atom stereocenters. The Hall–Kier alpha value is -3.43. The summed E-state index contributed by atoms with van der Waals surface area (Å²) in [6, 6.07) is 18.1. The molecule has 0 bridgehead atoms. The molecule has 0 saturated heterocycles. The van der Waals surface area contributed by atoms with Gasteiger partial charge in [0, 0.05) is 11.5 Å². The number of hydrogen-bond donors (Lipinski definition) is 0. The lowest BCUT2D eigenvalue weighted by Crippen LogP contribution is -2.09. The van der Waals surface area contributed by atoms with Crippen LogP contribution in [0.1, 0.15) is 24.0 Å². The number of aryl methyl sites for hydroxylation is 1. The normalized spacial score (nSPS) is 11.6. The molecule has 0 radical (unpaired) electrons. The van der Waals surface area contributed by atoms with Crippen LogP contribution in [0.25, 0.3) is 11.0 Å². The molecule has 0 N–H and O–H groups in total. The second kappa shape index (κ2) is 10.7. The van der Waals surface area contributed by atoms with Crippen LogP contribution in [0.4, 0.5) is 0 Å². The Morgan fingerprint density at radius 1 is 0.912 bits per heavy atom. The number of aromatic nitrogens is 3. The summed E-state index contributed by atoms with van der Waals surface area (Å²) in [5.74, 6) is 1.30. The van der Waals surface area contributed by atoms with Crippen molar-refractivity contribution in [1.82, 2.24) is 14.8 Å². The highest BCUT2D eigenvalue weighted by atomic mass is 32.2. The monoisotopic (exact) mass is 481 g/mol. The number of fused-ring (bicyclic) bond motifs is 1. The summed E-state index contributed by atoms with van der Waals surface area (Å²) in [4.78, 5) is 4.76. The van der Waals surface area contributed by atoms with E-state index in [0.29, 0.717) is 31.9 Å². The number of unbranched alkanes of at least 4 members (excludes halogenated alkanes) is 1. The minimum absolute atomic E-state index is 0.0979. The van der Waals surface area contributed by atoms with Crippen LogP contribution in [-0.2, 0) is 20.8 Å². The van der Waals surface area contributed by atoms with Gasteiger partial charge < -0.3 is 9.47 Å². The van der Waals surface area contributed by atoms with E-state index in [4.69, 9.17) is 13.7 Å². The highest BCUT2D eigenvalue weighted by molar-refractivity contribution is 7.86. The predicted molar refractivity (Wildman–Crippen MR) is 129 cm³/mol. The smallest absolute Gasteiger partial charge is 0.296 e. The van der Waals surface area contributed by atoms with Crippen molar-refractivity contribution in [3.8, 4) is 11.6 Å². The predicted octanol–water partition coefficient (Wildman–Crippen LogP) is 4.36. The molecule has 178 valence electrons. The molecule has 4 aromatic rings. The third-order valence-electron chi connectivity index (χ3n) is 5.29. The Kier molecular flexibility index (Phi) is 7.44. The average Bonchev–Trinajstić information content (AvgIpc) is 3.24. The number of hydrogen-bond acceptors (Lipinski definition) is 7. The number of methoxy groups -OCH3 is 1. The van der Waals surface area contributed by atoms with Gasteiger partial charge in [-0.05, 0) is 55.7 Å². The fourth-order valence-corrected chi connectivity index (χ4v) is 4.30. The Morgan fingerprint density at radius 2 is 1.65 bits per heavy atom. The molecule has 0 atom stereocenters. The van der Waals surface area contributed by atoms with Gasteiger partial charge in [-0.15, -0.1) is 0 Å². The lowest BCUT2D eigenvalue weighted by molar-refractivity contribution is 0.263. The Labute approximate surface area is 199 Å². The van der Waals surface area contributed by atoms with Gasteiger partial charge in [0.2, 0.25) is 5.88 Å². The van der Waals surface area contributed by atoms with Crippen LogP contribution in [-0.4, -0.2) is 43.5 Å². The van der Waals surface area contributed by atoms with Crippen LogP contribution < -0.4 is 9.47 Å². The third-order valence-corrected chi connectivity index (χ3v) is 6.62. The molecule has 4 rings (SSSR count). The van der Waals surface area contributed by atoms with Crippen LogP contribution in [0.15, 0.2) is 71.8 Å². The van der Waals surface area contributed by atoms with Crippen molar-refractivity contribution in [3.05, 3.63) is 78.0 Å². The van der Waals surface area contributed by atoms with Crippen LogP contribution in [0.3, 0.4) is 0 Å². The zero-order valence-corrected chi connectivity index (χ0v) is 20.0. The summed E-state index contributed by atoms with van der Waals surface area (Å²) in [5.41, 5.74) is 2.81. The van der Waals surface area contributed by atoms with Crippen molar-refractivity contribution in [1.29, 1.82) is 0 Å². The van der Waals surface area contributed by atoms with Crippen LogP contribution in [0.5, 0.6) is 11.6 Å². The van der Waals surface area contributed by atoms with E-state index in [9.17, 15) is 8.42 Å². The van der Waals surface area contributed by atoms with E-state index in [1.54, 1.807) is 43.6 Å². The molecule has 34 heavy (non-hydrogen) atoms. The van der Waals surface area contributed by atoms with Gasteiger partial charge in [0.25, 0.3) is 10.1 Å². The molecule has 2 heterocycles. The summed E-state index contributed by atoms with van der Waals surface area (Å²) in [6.07, 6.45) is 2.96. The highest BCUT2D eigenvalue weighted by Gasteiger charge is 2.14. The molecular formula is C25H27N3O5S. The molecule has 8 nitrogen and oxygen atoms in total. The Balaban J connectivity index is 1.27. The first kappa shape index (κ1) is 23.7. The van der Waals surface area contributed by atoms with Crippen molar-refractivity contribution in [2.24, 2.45) is 0 Å².